The largest absolute Gasteiger partial charge is 0.493 e. The molecule has 0 heterocycles. The molecule has 0 unspecified atom stereocenters. The van der Waals surface area contributed by atoms with Gasteiger partial charge in [-0.05, 0) is 65.6 Å². The molecule has 174 valence electrons. The molecule has 0 aliphatic carbocycles. The summed E-state index contributed by atoms with van der Waals surface area (Å²) < 4.78 is 12.2. The second-order valence-electron chi connectivity index (χ2n) is 8.12. The van der Waals surface area contributed by atoms with E-state index in [1.807, 2.05) is 31.2 Å². The van der Waals surface area contributed by atoms with Crippen LogP contribution in [0.15, 0.2) is 71.6 Å². The number of carbonyl (C=O) groups is 1. The first-order valence-corrected chi connectivity index (χ1v) is 12.6. The molecule has 3 aromatic carbocycles. The molecule has 33 heavy (non-hydrogen) atoms. The first-order chi connectivity index (χ1) is 16.0. The summed E-state index contributed by atoms with van der Waals surface area (Å²) in [7, 11) is 0. The van der Waals surface area contributed by atoms with Crippen molar-refractivity contribution in [2.75, 3.05) is 12.9 Å². The monoisotopic (exact) mass is 464 g/mol. The van der Waals surface area contributed by atoms with Crippen molar-refractivity contribution in [2.24, 2.45) is 0 Å². The predicted molar refractivity (Wildman–Crippen MR) is 136 cm³/mol. The number of hydrogen-bond acceptors (Lipinski definition) is 4. The molecule has 5 heteroatoms. The van der Waals surface area contributed by atoms with Crippen molar-refractivity contribution in [3.05, 3.63) is 77.9 Å². The first-order valence-electron chi connectivity index (χ1n) is 11.3. The Balaban J connectivity index is 1.78. The van der Waals surface area contributed by atoms with Crippen LogP contribution < -0.4 is 9.47 Å². The van der Waals surface area contributed by atoms with Gasteiger partial charge < -0.3 is 14.6 Å². The quantitative estimate of drug-likeness (QED) is 0.223. The number of aliphatic carboxylic acids is 1. The van der Waals surface area contributed by atoms with E-state index in [1.54, 1.807) is 11.8 Å². The zero-order valence-electron chi connectivity index (χ0n) is 19.5. The van der Waals surface area contributed by atoms with Crippen molar-refractivity contribution in [3.8, 4) is 22.6 Å². The van der Waals surface area contributed by atoms with E-state index in [9.17, 15) is 4.79 Å². The molecule has 0 saturated carbocycles. The van der Waals surface area contributed by atoms with E-state index >= 15 is 0 Å². The molecule has 0 amide bonds. The molecule has 0 aliphatic heterocycles. The number of rotatable bonds is 12. The lowest BCUT2D eigenvalue weighted by atomic mass is 9.98. The van der Waals surface area contributed by atoms with E-state index in [4.69, 9.17) is 14.6 Å². The number of ether oxygens (including phenoxy) is 2. The maximum Gasteiger partial charge on any atom is 0.303 e. The Hall–Kier alpha value is -2.92. The van der Waals surface area contributed by atoms with Gasteiger partial charge in [-0.3, -0.25) is 4.79 Å². The van der Waals surface area contributed by atoms with E-state index in [0.29, 0.717) is 13.2 Å². The molecule has 0 aromatic heterocycles. The summed E-state index contributed by atoms with van der Waals surface area (Å²) in [5, 5.41) is 9.06. The molecule has 3 aromatic rings. The summed E-state index contributed by atoms with van der Waals surface area (Å²) in [4.78, 5) is 12.2. The first kappa shape index (κ1) is 24.7. The summed E-state index contributed by atoms with van der Waals surface area (Å²) >= 11 is 1.73. The molecule has 0 aliphatic rings. The number of hydrogen-bond donors (Lipinski definition) is 1. The van der Waals surface area contributed by atoms with Crippen LogP contribution in [0.1, 0.15) is 50.2 Å². The molecule has 1 atom stereocenters. The van der Waals surface area contributed by atoms with Gasteiger partial charge in [0.15, 0.2) is 0 Å². The van der Waals surface area contributed by atoms with Crippen molar-refractivity contribution < 1.29 is 19.4 Å². The zero-order valence-corrected chi connectivity index (χ0v) is 20.4. The van der Waals surface area contributed by atoms with Gasteiger partial charge in [0.25, 0.3) is 0 Å². The number of benzene rings is 3. The van der Waals surface area contributed by atoms with Gasteiger partial charge in [0.2, 0.25) is 0 Å². The Bertz CT molecular complexity index is 1060. The van der Waals surface area contributed by atoms with Gasteiger partial charge in [-0.25, -0.2) is 0 Å². The summed E-state index contributed by atoms with van der Waals surface area (Å²) in [6, 6.07) is 22.4. The van der Waals surface area contributed by atoms with Crippen LogP contribution in [0.25, 0.3) is 11.1 Å². The second-order valence-corrected chi connectivity index (χ2v) is 9.00. The molecule has 0 fully saturated rings. The summed E-state index contributed by atoms with van der Waals surface area (Å²) in [5.74, 6) is 0.732. The smallest absolute Gasteiger partial charge is 0.303 e. The molecule has 4 nitrogen and oxygen atoms in total. The van der Waals surface area contributed by atoms with Gasteiger partial charge in [0.05, 0.1) is 13.0 Å². The van der Waals surface area contributed by atoms with Crippen LogP contribution in [0.4, 0.5) is 0 Å². The van der Waals surface area contributed by atoms with Crippen LogP contribution in [-0.4, -0.2) is 23.9 Å². The lowest BCUT2D eigenvalue weighted by Crippen LogP contribution is -2.03. The van der Waals surface area contributed by atoms with Crippen molar-refractivity contribution in [1.29, 1.82) is 0 Å². The van der Waals surface area contributed by atoms with Crippen LogP contribution in [0.5, 0.6) is 11.5 Å². The van der Waals surface area contributed by atoms with Gasteiger partial charge >= 0.3 is 5.97 Å². The number of unbranched alkanes of at least 4 members (excludes halogenated alkanes) is 1. The third-order valence-electron chi connectivity index (χ3n) is 5.50. The molecule has 3 rings (SSSR count). The van der Waals surface area contributed by atoms with E-state index < -0.39 is 5.97 Å². The average molecular weight is 465 g/mol. The Kier molecular flexibility index (Phi) is 9.25. The fourth-order valence-corrected chi connectivity index (χ4v) is 4.05. The summed E-state index contributed by atoms with van der Waals surface area (Å²) in [5.41, 5.74) is 4.20. The van der Waals surface area contributed by atoms with Crippen LogP contribution in [0.2, 0.25) is 0 Å². The van der Waals surface area contributed by atoms with Gasteiger partial charge in [0, 0.05) is 10.5 Å². The van der Waals surface area contributed by atoms with Crippen LogP contribution in [0.3, 0.4) is 0 Å². The lowest BCUT2D eigenvalue weighted by Gasteiger charge is -2.15. The normalized spacial score (nSPS) is 11.7. The summed E-state index contributed by atoms with van der Waals surface area (Å²) in [6.45, 7) is 5.16. The maximum atomic E-state index is 11.0. The van der Waals surface area contributed by atoms with Crippen LogP contribution >= 0.6 is 11.8 Å². The Labute approximate surface area is 201 Å². The van der Waals surface area contributed by atoms with E-state index in [-0.39, 0.29) is 12.3 Å². The van der Waals surface area contributed by atoms with Crippen molar-refractivity contribution >= 4 is 17.7 Å². The van der Waals surface area contributed by atoms with Gasteiger partial charge in [0.1, 0.15) is 18.1 Å². The lowest BCUT2D eigenvalue weighted by molar-refractivity contribution is -0.137. The molecule has 1 N–H and O–H groups in total. The Morgan fingerprint density at radius 1 is 1.03 bits per heavy atom. The highest BCUT2D eigenvalue weighted by atomic mass is 32.2. The Morgan fingerprint density at radius 3 is 2.61 bits per heavy atom. The van der Waals surface area contributed by atoms with Gasteiger partial charge in [-0.15, -0.1) is 11.8 Å². The minimum absolute atomic E-state index is 0.0686. The SMILES string of the molecule is CCCCOc1cc(COc2cccc([C@@H](C)CC(=O)O)c2)ccc1-c1cccc(SC)c1. The average Bonchev–Trinajstić information content (AvgIpc) is 2.83. The molecule has 0 radical (unpaired) electrons. The van der Waals surface area contributed by atoms with E-state index in [2.05, 4.69) is 55.6 Å². The minimum atomic E-state index is -0.799. The van der Waals surface area contributed by atoms with Gasteiger partial charge in [-0.1, -0.05) is 56.7 Å². The zero-order chi connectivity index (χ0) is 23.6. The number of carboxylic acids is 1. The van der Waals surface area contributed by atoms with Crippen molar-refractivity contribution in [3.63, 3.8) is 0 Å². The van der Waals surface area contributed by atoms with Crippen LogP contribution in [0, 0.1) is 0 Å². The molecular weight excluding hydrogens is 432 g/mol. The molecular formula is C28H32O4S. The van der Waals surface area contributed by atoms with E-state index in [1.165, 1.54) is 4.90 Å². The molecule has 0 saturated heterocycles. The van der Waals surface area contributed by atoms with Crippen molar-refractivity contribution in [1.82, 2.24) is 0 Å². The third-order valence-corrected chi connectivity index (χ3v) is 6.22. The number of thioether (sulfide) groups is 1. The Morgan fingerprint density at radius 2 is 1.85 bits per heavy atom. The van der Waals surface area contributed by atoms with Crippen molar-refractivity contribution in [2.45, 2.75) is 50.5 Å². The fraction of sp³-hybridized carbons (Fsp3) is 0.321. The maximum absolute atomic E-state index is 11.0. The standard InChI is InChI=1S/C28H32O4S/c1-4-5-14-31-27-16-21(12-13-26(27)23-9-7-11-25(18-23)33-3)19-32-24-10-6-8-22(17-24)20(2)15-28(29)30/h6-13,16-18,20H,4-5,14-15,19H2,1-3H3,(H,29,30)/t20-/m0/s1. The highest BCUT2D eigenvalue weighted by Crippen LogP contribution is 2.34. The second kappa shape index (κ2) is 12.4. The van der Waals surface area contributed by atoms with Crippen LogP contribution in [-0.2, 0) is 11.4 Å². The van der Waals surface area contributed by atoms with Gasteiger partial charge in [-0.2, -0.15) is 0 Å². The molecule has 0 bridgehead atoms. The fourth-order valence-electron chi connectivity index (χ4n) is 3.59. The van der Waals surface area contributed by atoms with E-state index in [0.717, 1.165) is 46.6 Å². The topological polar surface area (TPSA) is 55.8 Å². The summed E-state index contributed by atoms with van der Waals surface area (Å²) in [6.07, 6.45) is 4.26. The number of carboxylic acid groups (broad SMARTS) is 1. The minimum Gasteiger partial charge on any atom is -0.493 e. The highest BCUT2D eigenvalue weighted by molar-refractivity contribution is 7.98. The third kappa shape index (κ3) is 7.29. The molecule has 0 spiro atoms. The highest BCUT2D eigenvalue weighted by Gasteiger charge is 2.12. The predicted octanol–water partition coefficient (Wildman–Crippen LogP) is 7.41.